The fourth-order valence-electron chi connectivity index (χ4n) is 1.91. The van der Waals surface area contributed by atoms with E-state index in [1.807, 2.05) is 0 Å². The first kappa shape index (κ1) is 10.2. The second-order valence-electron chi connectivity index (χ2n) is 4.13. The molecule has 1 aliphatic carbocycles. The van der Waals surface area contributed by atoms with Crippen molar-refractivity contribution in [1.29, 1.82) is 5.26 Å². The maximum atomic E-state index is 11.9. The maximum absolute atomic E-state index is 11.9. The van der Waals surface area contributed by atoms with Crippen LogP contribution in [0, 0.1) is 11.3 Å². The van der Waals surface area contributed by atoms with Gasteiger partial charge in [0.15, 0.2) is 0 Å². The minimum atomic E-state index is -0.638. The van der Waals surface area contributed by atoms with E-state index in [4.69, 9.17) is 16.9 Å². The van der Waals surface area contributed by atoms with Crippen LogP contribution in [0.3, 0.4) is 0 Å². The van der Waals surface area contributed by atoms with Crippen molar-refractivity contribution in [3.05, 3.63) is 33.5 Å². The molecule has 1 saturated carbocycles. The summed E-state index contributed by atoms with van der Waals surface area (Å²) in [5.41, 5.74) is -0.0518. The van der Waals surface area contributed by atoms with Crippen molar-refractivity contribution in [1.82, 2.24) is 15.0 Å². The lowest BCUT2D eigenvalue weighted by Crippen LogP contribution is -2.20. The summed E-state index contributed by atoms with van der Waals surface area (Å²) in [7, 11) is 0. The largest absolute Gasteiger partial charge is 0.306 e. The number of hydrogen-bond acceptors (Lipinski definition) is 4. The second-order valence-corrected chi connectivity index (χ2v) is 4.49. The number of nitriles is 1. The maximum Gasteiger partial charge on any atom is 0.254 e. The normalized spacial score (nSPS) is 16.7. The summed E-state index contributed by atoms with van der Waals surface area (Å²) >= 11 is 5.94. The third kappa shape index (κ3) is 1.41. The van der Waals surface area contributed by atoms with Gasteiger partial charge in [-0.3, -0.25) is 4.79 Å². The summed E-state index contributed by atoms with van der Waals surface area (Å²) in [6, 6.07) is 3.82. The molecule has 2 aromatic rings. The Balaban J connectivity index is 2.35. The molecule has 0 amide bonds. The number of halogens is 1. The lowest BCUT2D eigenvalue weighted by atomic mass is 9.99. The van der Waals surface area contributed by atoms with Gasteiger partial charge in [-0.25, -0.2) is 9.97 Å². The van der Waals surface area contributed by atoms with Gasteiger partial charge < -0.3 is 4.98 Å². The van der Waals surface area contributed by atoms with Crippen LogP contribution in [0.25, 0.3) is 11.0 Å². The quantitative estimate of drug-likeness (QED) is 0.774. The molecule has 84 valence electrons. The van der Waals surface area contributed by atoms with Crippen molar-refractivity contribution in [2.24, 2.45) is 0 Å². The summed E-state index contributed by atoms with van der Waals surface area (Å²) in [6.07, 6.45) is 2.71. The van der Waals surface area contributed by atoms with Gasteiger partial charge in [0.25, 0.3) is 5.56 Å². The van der Waals surface area contributed by atoms with Gasteiger partial charge in [0.05, 0.1) is 16.9 Å². The van der Waals surface area contributed by atoms with Gasteiger partial charge in [0.2, 0.25) is 0 Å². The molecule has 0 aromatic carbocycles. The lowest BCUT2D eigenvalue weighted by Gasteiger charge is -2.06. The van der Waals surface area contributed by atoms with Gasteiger partial charge in [-0.1, -0.05) is 11.6 Å². The molecule has 2 aromatic heterocycles. The summed E-state index contributed by atoms with van der Waals surface area (Å²) in [6.45, 7) is 0. The molecule has 1 aliphatic rings. The molecule has 6 heteroatoms. The zero-order valence-corrected chi connectivity index (χ0v) is 9.45. The first-order valence-electron chi connectivity index (χ1n) is 5.11. The minimum Gasteiger partial charge on any atom is -0.306 e. The molecule has 17 heavy (non-hydrogen) atoms. The second kappa shape index (κ2) is 3.28. The van der Waals surface area contributed by atoms with Crippen molar-refractivity contribution in [2.75, 3.05) is 0 Å². The van der Waals surface area contributed by atoms with Crippen LogP contribution in [0.4, 0.5) is 0 Å². The molecular formula is C11H7ClN4O. The molecule has 1 fully saturated rings. The average Bonchev–Trinajstić information content (AvgIpc) is 3.09. The highest BCUT2D eigenvalue weighted by molar-refractivity contribution is 6.33. The Morgan fingerprint density at radius 1 is 1.47 bits per heavy atom. The van der Waals surface area contributed by atoms with E-state index in [-0.39, 0.29) is 10.7 Å². The third-order valence-corrected chi connectivity index (χ3v) is 3.38. The molecule has 3 rings (SSSR count). The van der Waals surface area contributed by atoms with Crippen molar-refractivity contribution < 1.29 is 0 Å². The van der Waals surface area contributed by atoms with Crippen LogP contribution in [0.15, 0.2) is 17.2 Å². The van der Waals surface area contributed by atoms with E-state index in [0.717, 1.165) is 0 Å². The molecule has 0 unspecified atom stereocenters. The first-order valence-corrected chi connectivity index (χ1v) is 5.49. The van der Waals surface area contributed by atoms with Crippen molar-refractivity contribution in [2.45, 2.75) is 18.3 Å². The van der Waals surface area contributed by atoms with Gasteiger partial charge in [-0.05, 0) is 18.9 Å². The molecule has 0 aliphatic heterocycles. The number of nitrogens with one attached hydrogen (secondary N) is 1. The first-order chi connectivity index (χ1) is 8.16. The Kier molecular flexibility index (Phi) is 1.98. The average molecular weight is 247 g/mol. The highest BCUT2D eigenvalue weighted by Crippen LogP contribution is 2.46. The van der Waals surface area contributed by atoms with Gasteiger partial charge >= 0.3 is 0 Å². The zero-order valence-electron chi connectivity index (χ0n) is 8.70. The van der Waals surface area contributed by atoms with E-state index < -0.39 is 5.41 Å². The number of aromatic amines is 1. The Morgan fingerprint density at radius 3 is 2.88 bits per heavy atom. The standard InChI is InChI=1S/C11H7ClN4O/c12-8-6-3-7(11(4-13)1-2-11)10(17)16-9(6)15-5-14-8/h3,5H,1-2H2,(H,14,15,16,17). The van der Waals surface area contributed by atoms with Gasteiger partial charge in [-0.15, -0.1) is 0 Å². The SMILES string of the molecule is N#CC1(c2cc3c(Cl)ncnc3[nH]c2=O)CC1. The molecule has 0 spiro atoms. The molecule has 1 N–H and O–H groups in total. The zero-order chi connectivity index (χ0) is 12.0. The Morgan fingerprint density at radius 2 is 2.24 bits per heavy atom. The Bertz CT molecular complexity index is 711. The Labute approximate surface area is 101 Å². The molecule has 0 radical (unpaired) electrons. The topological polar surface area (TPSA) is 82.4 Å². The predicted molar refractivity (Wildman–Crippen MR) is 61.7 cm³/mol. The smallest absolute Gasteiger partial charge is 0.254 e. The van der Waals surface area contributed by atoms with Crippen LogP contribution in [0.5, 0.6) is 0 Å². The number of aromatic nitrogens is 3. The van der Waals surface area contributed by atoms with Gasteiger partial charge in [0, 0.05) is 5.56 Å². The lowest BCUT2D eigenvalue weighted by molar-refractivity contribution is 0.883. The fourth-order valence-corrected chi connectivity index (χ4v) is 2.10. The number of hydrogen-bond donors (Lipinski definition) is 1. The van der Waals surface area contributed by atoms with E-state index in [0.29, 0.717) is 29.4 Å². The van der Waals surface area contributed by atoms with Crippen LogP contribution in [0.2, 0.25) is 5.15 Å². The summed E-state index contributed by atoms with van der Waals surface area (Å²) in [4.78, 5) is 22.3. The van der Waals surface area contributed by atoms with Crippen LogP contribution in [-0.4, -0.2) is 15.0 Å². The number of fused-ring (bicyclic) bond motifs is 1. The van der Waals surface area contributed by atoms with Crippen LogP contribution in [0.1, 0.15) is 18.4 Å². The molecule has 5 nitrogen and oxygen atoms in total. The number of pyridine rings is 1. The van der Waals surface area contributed by atoms with E-state index in [1.54, 1.807) is 6.07 Å². The van der Waals surface area contributed by atoms with Gasteiger partial charge in [0.1, 0.15) is 17.1 Å². The monoisotopic (exact) mass is 246 g/mol. The van der Waals surface area contributed by atoms with Crippen LogP contribution < -0.4 is 5.56 Å². The molecule has 0 bridgehead atoms. The van der Waals surface area contributed by atoms with E-state index in [1.165, 1.54) is 6.33 Å². The van der Waals surface area contributed by atoms with Crippen molar-refractivity contribution >= 4 is 22.6 Å². The Hall–Kier alpha value is -1.93. The molecule has 2 heterocycles. The summed E-state index contributed by atoms with van der Waals surface area (Å²) in [5.74, 6) is 0. The number of rotatable bonds is 1. The van der Waals surface area contributed by atoms with Crippen molar-refractivity contribution in [3.8, 4) is 6.07 Å². The van der Waals surface area contributed by atoms with E-state index in [2.05, 4.69) is 21.0 Å². The minimum absolute atomic E-state index is 0.272. The predicted octanol–water partition coefficient (Wildman–Crippen LogP) is 1.53. The molecule has 0 saturated heterocycles. The van der Waals surface area contributed by atoms with Gasteiger partial charge in [-0.2, -0.15) is 5.26 Å². The number of nitrogens with zero attached hydrogens (tertiary/aromatic N) is 3. The van der Waals surface area contributed by atoms with Crippen LogP contribution >= 0.6 is 11.6 Å². The molecule has 0 atom stereocenters. The van der Waals surface area contributed by atoms with E-state index >= 15 is 0 Å². The molecular weight excluding hydrogens is 240 g/mol. The van der Waals surface area contributed by atoms with Crippen LogP contribution in [-0.2, 0) is 5.41 Å². The highest BCUT2D eigenvalue weighted by atomic mass is 35.5. The number of H-pyrrole nitrogens is 1. The fraction of sp³-hybridized carbons (Fsp3) is 0.273. The highest BCUT2D eigenvalue weighted by Gasteiger charge is 2.47. The summed E-state index contributed by atoms with van der Waals surface area (Å²) < 4.78 is 0. The van der Waals surface area contributed by atoms with Crippen molar-refractivity contribution in [3.63, 3.8) is 0 Å². The summed E-state index contributed by atoms with van der Waals surface area (Å²) in [5, 5.41) is 9.96. The third-order valence-electron chi connectivity index (χ3n) is 3.08. The van der Waals surface area contributed by atoms with E-state index in [9.17, 15) is 4.79 Å².